The number of nitrogens with zero attached hydrogens (tertiary/aromatic N) is 1. The maximum Gasteiger partial charge on any atom is 0.331 e. The van der Waals surface area contributed by atoms with Crippen LogP contribution in [0.1, 0.15) is 25.3 Å². The lowest BCUT2D eigenvalue weighted by molar-refractivity contribution is -0.132. The number of benzene rings is 1. The van der Waals surface area contributed by atoms with E-state index < -0.39 is 5.97 Å². The Bertz CT molecular complexity index is 704. The van der Waals surface area contributed by atoms with E-state index in [1.807, 2.05) is 12.2 Å². The number of hydrogen-bond donors (Lipinski definition) is 1. The molecule has 118 valence electrons. The standard InChI is InChI=1S/C18H17NO4/c1-11(18(22)23)10-12-6-8-13(9-7-12)19-16(20)14-4-2-3-5-15(14)17(19)21/h2-3,6-10,14-15H,4-5H2,1H3,(H,22,23). The van der Waals surface area contributed by atoms with Crippen LogP contribution in [0.25, 0.3) is 6.08 Å². The number of carbonyl (C=O) groups excluding carboxylic acids is 2. The lowest BCUT2D eigenvalue weighted by Crippen LogP contribution is -2.30. The summed E-state index contributed by atoms with van der Waals surface area (Å²) in [6, 6.07) is 6.79. The largest absolute Gasteiger partial charge is 0.478 e. The molecule has 3 rings (SSSR count). The van der Waals surface area contributed by atoms with E-state index in [-0.39, 0.29) is 29.2 Å². The number of rotatable bonds is 3. The van der Waals surface area contributed by atoms with Gasteiger partial charge in [0.25, 0.3) is 0 Å². The highest BCUT2D eigenvalue weighted by molar-refractivity contribution is 6.22. The molecule has 1 aromatic rings. The quantitative estimate of drug-likeness (QED) is 0.529. The Morgan fingerprint density at radius 2 is 1.61 bits per heavy atom. The highest BCUT2D eigenvalue weighted by atomic mass is 16.4. The van der Waals surface area contributed by atoms with Crippen LogP contribution in [0.2, 0.25) is 0 Å². The molecule has 1 aromatic carbocycles. The molecule has 1 saturated heterocycles. The monoisotopic (exact) mass is 311 g/mol. The number of carboxylic acid groups (broad SMARTS) is 1. The van der Waals surface area contributed by atoms with Crippen LogP contribution in [0.4, 0.5) is 5.69 Å². The molecule has 1 fully saturated rings. The Kier molecular flexibility index (Phi) is 3.86. The van der Waals surface area contributed by atoms with Crippen LogP contribution in [0.3, 0.4) is 0 Å². The number of imide groups is 1. The number of amides is 2. The molecule has 0 bridgehead atoms. The van der Waals surface area contributed by atoms with Crippen LogP contribution in [0, 0.1) is 11.8 Å². The molecular weight excluding hydrogens is 294 g/mol. The first kappa shape index (κ1) is 15.2. The van der Waals surface area contributed by atoms with Gasteiger partial charge in [0, 0.05) is 5.57 Å². The van der Waals surface area contributed by atoms with Crippen molar-refractivity contribution >= 4 is 29.5 Å². The van der Waals surface area contributed by atoms with Crippen molar-refractivity contribution < 1.29 is 19.5 Å². The highest BCUT2D eigenvalue weighted by Gasteiger charge is 2.47. The number of hydrogen-bond acceptors (Lipinski definition) is 3. The van der Waals surface area contributed by atoms with Crippen molar-refractivity contribution in [1.29, 1.82) is 0 Å². The van der Waals surface area contributed by atoms with Crippen LogP contribution >= 0.6 is 0 Å². The van der Waals surface area contributed by atoms with Crippen molar-refractivity contribution in [2.24, 2.45) is 11.8 Å². The normalized spacial score (nSPS) is 24.0. The predicted octanol–water partition coefficient (Wildman–Crippen LogP) is 2.63. The minimum absolute atomic E-state index is 0.144. The first-order valence-electron chi connectivity index (χ1n) is 7.53. The topological polar surface area (TPSA) is 74.7 Å². The van der Waals surface area contributed by atoms with Crippen molar-refractivity contribution in [3.63, 3.8) is 0 Å². The van der Waals surface area contributed by atoms with Gasteiger partial charge in [-0.3, -0.25) is 14.5 Å². The molecule has 2 aliphatic rings. The van der Waals surface area contributed by atoms with Crippen molar-refractivity contribution in [2.75, 3.05) is 4.90 Å². The van der Waals surface area contributed by atoms with Crippen molar-refractivity contribution in [3.8, 4) is 0 Å². The van der Waals surface area contributed by atoms with E-state index in [1.54, 1.807) is 30.3 Å². The van der Waals surface area contributed by atoms with Crippen LogP contribution < -0.4 is 4.90 Å². The molecule has 5 heteroatoms. The van der Waals surface area contributed by atoms with Crippen LogP contribution in [0.5, 0.6) is 0 Å². The molecule has 1 aliphatic carbocycles. The molecule has 5 nitrogen and oxygen atoms in total. The molecule has 1 aliphatic heterocycles. The molecule has 2 amide bonds. The smallest absolute Gasteiger partial charge is 0.331 e. The third kappa shape index (κ3) is 2.70. The average Bonchev–Trinajstić information content (AvgIpc) is 2.80. The molecule has 0 aromatic heterocycles. The lowest BCUT2D eigenvalue weighted by Gasteiger charge is -2.14. The Hall–Kier alpha value is -2.69. The zero-order chi connectivity index (χ0) is 16.6. The van der Waals surface area contributed by atoms with Crippen molar-refractivity contribution in [2.45, 2.75) is 19.8 Å². The Morgan fingerprint density at radius 3 is 2.09 bits per heavy atom. The molecule has 0 radical (unpaired) electrons. The lowest BCUT2D eigenvalue weighted by atomic mass is 9.85. The van der Waals surface area contributed by atoms with E-state index in [1.165, 1.54) is 11.8 Å². The number of carbonyl (C=O) groups is 3. The maximum absolute atomic E-state index is 12.5. The zero-order valence-electron chi connectivity index (χ0n) is 12.7. The van der Waals surface area contributed by atoms with E-state index in [2.05, 4.69) is 0 Å². The number of anilines is 1. The fraction of sp³-hybridized carbons (Fsp3) is 0.278. The second-order valence-electron chi connectivity index (χ2n) is 5.89. The van der Waals surface area contributed by atoms with Crippen LogP contribution in [-0.4, -0.2) is 22.9 Å². The van der Waals surface area contributed by atoms with E-state index >= 15 is 0 Å². The van der Waals surface area contributed by atoms with Gasteiger partial charge in [-0.1, -0.05) is 24.3 Å². The fourth-order valence-corrected chi connectivity index (χ4v) is 3.09. The van der Waals surface area contributed by atoms with Gasteiger partial charge in [-0.15, -0.1) is 0 Å². The molecule has 0 saturated carbocycles. The summed E-state index contributed by atoms with van der Waals surface area (Å²) in [5.41, 5.74) is 1.48. The van der Waals surface area contributed by atoms with E-state index in [9.17, 15) is 14.4 Å². The minimum Gasteiger partial charge on any atom is -0.478 e. The number of allylic oxidation sites excluding steroid dienone is 2. The molecule has 2 unspecified atom stereocenters. The first-order chi connectivity index (χ1) is 11.0. The zero-order valence-corrected chi connectivity index (χ0v) is 12.7. The molecule has 1 heterocycles. The SMILES string of the molecule is CC(=Cc1ccc(N2C(=O)C3CC=CCC3C2=O)cc1)C(=O)O. The summed E-state index contributed by atoms with van der Waals surface area (Å²) >= 11 is 0. The third-order valence-corrected chi connectivity index (χ3v) is 4.38. The average molecular weight is 311 g/mol. The number of carboxylic acids is 1. The van der Waals surface area contributed by atoms with Gasteiger partial charge in [-0.05, 0) is 43.5 Å². The Morgan fingerprint density at radius 1 is 1.09 bits per heavy atom. The first-order valence-corrected chi connectivity index (χ1v) is 7.53. The summed E-state index contributed by atoms with van der Waals surface area (Å²) < 4.78 is 0. The second kappa shape index (κ2) is 5.83. The summed E-state index contributed by atoms with van der Waals surface area (Å²) in [6.45, 7) is 1.52. The summed E-state index contributed by atoms with van der Waals surface area (Å²) in [6.07, 6.45) is 6.69. The predicted molar refractivity (Wildman–Crippen MR) is 85.6 cm³/mol. The molecule has 23 heavy (non-hydrogen) atoms. The molecule has 0 spiro atoms. The second-order valence-corrected chi connectivity index (χ2v) is 5.89. The van der Waals surface area contributed by atoms with Gasteiger partial charge in [-0.25, -0.2) is 4.79 Å². The number of aliphatic carboxylic acids is 1. The van der Waals surface area contributed by atoms with Gasteiger partial charge >= 0.3 is 5.97 Å². The summed E-state index contributed by atoms with van der Waals surface area (Å²) in [5, 5.41) is 8.89. The van der Waals surface area contributed by atoms with Gasteiger partial charge in [0.05, 0.1) is 17.5 Å². The summed E-state index contributed by atoms with van der Waals surface area (Å²) in [5.74, 6) is -1.76. The van der Waals surface area contributed by atoms with E-state index in [4.69, 9.17) is 5.11 Å². The van der Waals surface area contributed by atoms with Crippen molar-refractivity contribution in [1.82, 2.24) is 0 Å². The minimum atomic E-state index is -0.976. The number of fused-ring (bicyclic) bond motifs is 1. The molecular formula is C18H17NO4. The van der Waals surface area contributed by atoms with Crippen LogP contribution in [0.15, 0.2) is 42.0 Å². The molecule has 1 N–H and O–H groups in total. The van der Waals surface area contributed by atoms with Gasteiger partial charge in [0.15, 0.2) is 0 Å². The van der Waals surface area contributed by atoms with E-state index in [0.717, 1.165) is 0 Å². The maximum atomic E-state index is 12.5. The van der Waals surface area contributed by atoms with Crippen LogP contribution in [-0.2, 0) is 14.4 Å². The fourth-order valence-electron chi connectivity index (χ4n) is 3.09. The van der Waals surface area contributed by atoms with Crippen molar-refractivity contribution in [3.05, 3.63) is 47.6 Å². The van der Waals surface area contributed by atoms with Gasteiger partial charge in [0.1, 0.15) is 0 Å². The van der Waals surface area contributed by atoms with Gasteiger partial charge in [-0.2, -0.15) is 0 Å². The van der Waals surface area contributed by atoms with Gasteiger partial charge < -0.3 is 5.11 Å². The summed E-state index contributed by atoms with van der Waals surface area (Å²) in [7, 11) is 0. The van der Waals surface area contributed by atoms with Gasteiger partial charge in [0.2, 0.25) is 11.8 Å². The Balaban J connectivity index is 1.85. The molecule has 2 atom stereocenters. The Labute approximate surface area is 133 Å². The summed E-state index contributed by atoms with van der Waals surface area (Å²) in [4.78, 5) is 37.1. The van der Waals surface area contributed by atoms with E-state index in [0.29, 0.717) is 24.1 Å². The third-order valence-electron chi connectivity index (χ3n) is 4.38. The highest BCUT2D eigenvalue weighted by Crippen LogP contribution is 2.37.